The second-order valence-electron chi connectivity index (χ2n) is 8.36. The van der Waals surface area contributed by atoms with Gasteiger partial charge in [0.25, 0.3) is 5.91 Å². The van der Waals surface area contributed by atoms with Crippen molar-refractivity contribution in [3.8, 4) is 28.8 Å². The average molecular weight is 447 g/mol. The van der Waals surface area contributed by atoms with E-state index in [-0.39, 0.29) is 24.3 Å². The number of nitrogen functional groups attached to an aromatic ring is 1. The van der Waals surface area contributed by atoms with Crippen LogP contribution in [0.3, 0.4) is 0 Å². The Morgan fingerprint density at radius 2 is 2.06 bits per heavy atom. The number of anilines is 1. The van der Waals surface area contributed by atoms with Crippen LogP contribution < -0.4 is 15.8 Å². The van der Waals surface area contributed by atoms with Crippen molar-refractivity contribution in [2.24, 2.45) is 0 Å². The Kier molecular flexibility index (Phi) is 5.84. The summed E-state index contributed by atoms with van der Waals surface area (Å²) in [5, 5.41) is 8.51. The molecule has 9 nitrogen and oxygen atoms in total. The molecule has 1 unspecified atom stereocenters. The van der Waals surface area contributed by atoms with Gasteiger partial charge in [0.1, 0.15) is 23.6 Å². The van der Waals surface area contributed by atoms with Gasteiger partial charge in [0, 0.05) is 18.0 Å². The monoisotopic (exact) mass is 446 g/mol. The van der Waals surface area contributed by atoms with Crippen LogP contribution in [0.2, 0.25) is 0 Å². The highest BCUT2D eigenvalue weighted by atomic mass is 16.7. The fraction of sp³-hybridized carbons (Fsp3) is 0.417. The van der Waals surface area contributed by atoms with E-state index in [1.165, 1.54) is 6.33 Å². The van der Waals surface area contributed by atoms with Crippen molar-refractivity contribution in [3.05, 3.63) is 30.6 Å². The Morgan fingerprint density at radius 3 is 2.79 bits per heavy atom. The van der Waals surface area contributed by atoms with Gasteiger partial charge in [-0.25, -0.2) is 14.6 Å². The van der Waals surface area contributed by atoms with Crippen LogP contribution in [-0.2, 0) is 9.53 Å². The molecule has 1 aromatic carbocycles. The predicted molar refractivity (Wildman–Crippen MR) is 123 cm³/mol. The number of hydrogen-bond donors (Lipinski definition) is 2. The standard InChI is InChI=1S/C24H26N6O3/c1-2-5-19(31)28-16-12-17(13-16)30-24-21(23(25)26-14-27-24)22(29-30)15-7-9-18(10-8-15)33-20-6-3-4-11-32-20/h7-10,14,16-17,20H,3-4,6,11-13H2,1H3,(H,28,31)(H2,25,26,27)/t16-,17+,20?. The summed E-state index contributed by atoms with van der Waals surface area (Å²) in [5.74, 6) is 6.02. The zero-order valence-electron chi connectivity index (χ0n) is 18.5. The van der Waals surface area contributed by atoms with Crippen LogP contribution in [0.25, 0.3) is 22.3 Å². The summed E-state index contributed by atoms with van der Waals surface area (Å²) >= 11 is 0. The molecule has 1 amide bonds. The quantitative estimate of drug-likeness (QED) is 0.579. The molecule has 2 aromatic heterocycles. The number of ether oxygens (including phenoxy) is 2. The number of aromatic nitrogens is 4. The summed E-state index contributed by atoms with van der Waals surface area (Å²) in [4.78, 5) is 20.4. The van der Waals surface area contributed by atoms with Crippen LogP contribution >= 0.6 is 0 Å². The lowest BCUT2D eigenvalue weighted by Gasteiger charge is -2.35. The lowest BCUT2D eigenvalue weighted by molar-refractivity contribution is -0.117. The highest BCUT2D eigenvalue weighted by Crippen LogP contribution is 2.38. The van der Waals surface area contributed by atoms with Gasteiger partial charge in [-0.05, 0) is 62.8 Å². The summed E-state index contributed by atoms with van der Waals surface area (Å²) in [6.07, 6.45) is 5.87. The maximum absolute atomic E-state index is 11.7. The van der Waals surface area contributed by atoms with Crippen molar-refractivity contribution in [2.75, 3.05) is 12.3 Å². The molecule has 9 heteroatoms. The van der Waals surface area contributed by atoms with Gasteiger partial charge in [0.2, 0.25) is 0 Å². The van der Waals surface area contributed by atoms with Crippen LogP contribution in [0.4, 0.5) is 5.82 Å². The second-order valence-corrected chi connectivity index (χ2v) is 8.36. The minimum Gasteiger partial charge on any atom is -0.465 e. The second kappa shape index (κ2) is 9.08. The molecule has 33 heavy (non-hydrogen) atoms. The number of benzene rings is 1. The van der Waals surface area contributed by atoms with Gasteiger partial charge in [-0.2, -0.15) is 5.10 Å². The van der Waals surface area contributed by atoms with E-state index in [4.69, 9.17) is 20.3 Å². The maximum atomic E-state index is 11.7. The molecule has 1 saturated carbocycles. The molecule has 0 spiro atoms. The molecule has 2 aliphatic rings. The summed E-state index contributed by atoms with van der Waals surface area (Å²) in [7, 11) is 0. The highest BCUT2D eigenvalue weighted by Gasteiger charge is 2.34. The zero-order valence-corrected chi connectivity index (χ0v) is 18.5. The Bertz CT molecular complexity index is 1210. The molecule has 0 bridgehead atoms. The first-order chi connectivity index (χ1) is 16.1. The van der Waals surface area contributed by atoms with E-state index < -0.39 is 0 Å². The highest BCUT2D eigenvalue weighted by molar-refractivity contribution is 5.98. The fourth-order valence-electron chi connectivity index (χ4n) is 4.34. The average Bonchev–Trinajstić information content (AvgIpc) is 3.18. The van der Waals surface area contributed by atoms with Crippen molar-refractivity contribution in [3.63, 3.8) is 0 Å². The number of amides is 1. The number of hydrogen-bond acceptors (Lipinski definition) is 7. The van der Waals surface area contributed by atoms with Crippen molar-refractivity contribution < 1.29 is 14.3 Å². The topological polar surface area (TPSA) is 117 Å². The van der Waals surface area contributed by atoms with Crippen LogP contribution in [-0.4, -0.2) is 44.6 Å². The van der Waals surface area contributed by atoms with Crippen molar-refractivity contribution in [1.82, 2.24) is 25.1 Å². The molecule has 0 radical (unpaired) electrons. The summed E-state index contributed by atoms with van der Waals surface area (Å²) in [6, 6.07) is 7.95. The summed E-state index contributed by atoms with van der Waals surface area (Å²) in [5.41, 5.74) is 8.55. The molecule has 1 saturated heterocycles. The molecule has 5 rings (SSSR count). The molecule has 3 heterocycles. The summed E-state index contributed by atoms with van der Waals surface area (Å²) in [6.45, 7) is 2.39. The molecular formula is C24H26N6O3. The molecule has 1 aliphatic carbocycles. The number of rotatable bonds is 5. The van der Waals surface area contributed by atoms with Gasteiger partial charge in [-0.15, -0.1) is 0 Å². The Hall–Kier alpha value is -3.64. The Labute approximate surface area is 191 Å². The van der Waals surface area contributed by atoms with Gasteiger partial charge < -0.3 is 20.5 Å². The fourth-order valence-corrected chi connectivity index (χ4v) is 4.34. The largest absolute Gasteiger partial charge is 0.465 e. The van der Waals surface area contributed by atoms with E-state index in [0.29, 0.717) is 11.5 Å². The zero-order chi connectivity index (χ0) is 22.8. The van der Waals surface area contributed by atoms with Crippen molar-refractivity contribution in [2.45, 2.75) is 57.4 Å². The van der Waals surface area contributed by atoms with Crippen LogP contribution in [0.1, 0.15) is 45.1 Å². The smallest absolute Gasteiger partial charge is 0.296 e. The minimum absolute atomic E-state index is 0.0728. The van der Waals surface area contributed by atoms with Crippen molar-refractivity contribution in [1.29, 1.82) is 0 Å². The first-order valence-electron chi connectivity index (χ1n) is 11.2. The van der Waals surface area contributed by atoms with Crippen LogP contribution in [0.15, 0.2) is 30.6 Å². The molecule has 1 aliphatic heterocycles. The lowest BCUT2D eigenvalue weighted by Crippen LogP contribution is -2.44. The van der Waals surface area contributed by atoms with E-state index in [9.17, 15) is 4.79 Å². The molecule has 3 N–H and O–H groups in total. The lowest BCUT2D eigenvalue weighted by atomic mass is 9.87. The Morgan fingerprint density at radius 1 is 1.24 bits per heavy atom. The number of carbonyl (C=O) groups excluding carboxylic acids is 1. The third kappa shape index (κ3) is 4.34. The number of fused-ring (bicyclic) bond motifs is 1. The van der Waals surface area contributed by atoms with Crippen LogP contribution in [0, 0.1) is 11.8 Å². The first kappa shape index (κ1) is 21.2. The van der Waals surface area contributed by atoms with E-state index in [0.717, 1.165) is 61.1 Å². The van der Waals surface area contributed by atoms with E-state index in [1.807, 2.05) is 28.9 Å². The van der Waals surface area contributed by atoms with E-state index in [2.05, 4.69) is 27.1 Å². The molecule has 1 atom stereocenters. The number of nitrogens with two attached hydrogens (primary N) is 1. The van der Waals surface area contributed by atoms with Gasteiger partial charge >= 0.3 is 0 Å². The third-order valence-electron chi connectivity index (χ3n) is 6.08. The maximum Gasteiger partial charge on any atom is 0.296 e. The SMILES string of the molecule is CC#CC(=O)N[C@H]1C[C@@H](n2nc(-c3ccc(OC4CCCCO4)cc3)c3c(N)ncnc32)C1. The number of carbonyl (C=O) groups is 1. The van der Waals surface area contributed by atoms with E-state index >= 15 is 0 Å². The number of nitrogens with zero attached hydrogens (tertiary/aromatic N) is 4. The van der Waals surface area contributed by atoms with Crippen molar-refractivity contribution >= 4 is 22.8 Å². The molecule has 2 fully saturated rings. The first-order valence-corrected chi connectivity index (χ1v) is 11.2. The minimum atomic E-state index is -0.250. The third-order valence-corrected chi connectivity index (χ3v) is 6.08. The molecular weight excluding hydrogens is 420 g/mol. The van der Waals surface area contributed by atoms with Gasteiger partial charge in [0.15, 0.2) is 11.9 Å². The van der Waals surface area contributed by atoms with Gasteiger partial charge in [-0.1, -0.05) is 5.92 Å². The molecule has 170 valence electrons. The number of nitrogens with one attached hydrogen (secondary N) is 1. The summed E-state index contributed by atoms with van der Waals surface area (Å²) < 4.78 is 13.5. The van der Waals surface area contributed by atoms with E-state index in [1.54, 1.807) is 6.92 Å². The predicted octanol–water partition coefficient (Wildman–Crippen LogP) is 2.82. The molecule has 3 aromatic rings. The normalized spacial score (nSPS) is 22.2. The van der Waals surface area contributed by atoms with Gasteiger partial charge in [-0.3, -0.25) is 4.79 Å². The van der Waals surface area contributed by atoms with Gasteiger partial charge in [0.05, 0.1) is 18.0 Å². The van der Waals surface area contributed by atoms with Crippen LogP contribution in [0.5, 0.6) is 5.75 Å². The Balaban J connectivity index is 1.38.